The maximum Gasteiger partial charge on any atom is 0.123 e. The Morgan fingerprint density at radius 1 is 1.31 bits per heavy atom. The van der Waals surface area contributed by atoms with Gasteiger partial charge in [-0.2, -0.15) is 0 Å². The predicted octanol–water partition coefficient (Wildman–Crippen LogP) is 1.83. The molecule has 0 spiro atoms. The first-order valence-corrected chi connectivity index (χ1v) is 5.34. The second-order valence-electron chi connectivity index (χ2n) is 3.58. The molecule has 0 saturated heterocycles. The van der Waals surface area contributed by atoms with Crippen molar-refractivity contribution in [3.8, 4) is 5.75 Å². The molecule has 0 amide bonds. The van der Waals surface area contributed by atoms with Crippen LogP contribution in [0, 0.1) is 5.82 Å². The van der Waals surface area contributed by atoms with Crippen molar-refractivity contribution < 1.29 is 13.9 Å². The zero-order chi connectivity index (χ0) is 11.8. The summed E-state index contributed by atoms with van der Waals surface area (Å²) in [6.07, 6.45) is 0.0438. The zero-order valence-corrected chi connectivity index (χ0v) is 9.70. The molecule has 4 heteroatoms. The average molecular weight is 227 g/mol. The van der Waals surface area contributed by atoms with E-state index < -0.39 is 0 Å². The molecule has 0 aromatic heterocycles. The lowest BCUT2D eigenvalue weighted by molar-refractivity contribution is 0.184. The Kier molecular flexibility index (Phi) is 5.82. The highest BCUT2D eigenvalue weighted by molar-refractivity contribution is 5.22. The van der Waals surface area contributed by atoms with E-state index in [1.165, 1.54) is 12.1 Å². The third-order valence-electron chi connectivity index (χ3n) is 2.07. The lowest BCUT2D eigenvalue weighted by Crippen LogP contribution is -2.31. The summed E-state index contributed by atoms with van der Waals surface area (Å²) in [4.78, 5) is 0. The molecule has 0 aliphatic rings. The number of halogens is 1. The third kappa shape index (κ3) is 5.09. The van der Waals surface area contributed by atoms with Crippen LogP contribution >= 0.6 is 0 Å². The molecule has 3 nitrogen and oxygen atoms in total. The molecule has 0 aliphatic heterocycles. The van der Waals surface area contributed by atoms with E-state index in [1.807, 2.05) is 6.92 Å². The fourth-order valence-electron chi connectivity index (χ4n) is 1.27. The average Bonchev–Trinajstić information content (AvgIpc) is 2.28. The molecule has 0 bridgehead atoms. The van der Waals surface area contributed by atoms with E-state index in [4.69, 9.17) is 9.47 Å². The Morgan fingerprint density at radius 2 is 2.00 bits per heavy atom. The minimum Gasteiger partial charge on any atom is -0.489 e. The largest absolute Gasteiger partial charge is 0.489 e. The number of nitrogens with one attached hydrogen (secondary N) is 1. The van der Waals surface area contributed by atoms with Crippen LogP contribution in [0.1, 0.15) is 6.92 Å². The highest BCUT2D eigenvalue weighted by Gasteiger charge is 2.03. The van der Waals surface area contributed by atoms with Gasteiger partial charge in [-0.3, -0.25) is 0 Å². The van der Waals surface area contributed by atoms with E-state index in [9.17, 15) is 4.39 Å². The van der Waals surface area contributed by atoms with Gasteiger partial charge in [0.15, 0.2) is 0 Å². The molecule has 16 heavy (non-hydrogen) atoms. The second kappa shape index (κ2) is 7.19. The standard InChI is InChI=1S/C12H18FNO2/c1-10(9-14-7-8-15-2)16-12-5-3-11(13)4-6-12/h3-6,10,14H,7-9H2,1-2H3. The molecular weight excluding hydrogens is 209 g/mol. The molecule has 0 heterocycles. The van der Waals surface area contributed by atoms with Crippen LogP contribution in [-0.4, -0.2) is 32.9 Å². The summed E-state index contributed by atoms with van der Waals surface area (Å²) in [7, 11) is 1.67. The summed E-state index contributed by atoms with van der Waals surface area (Å²) in [6.45, 7) is 4.18. The number of hydrogen-bond donors (Lipinski definition) is 1. The normalized spacial score (nSPS) is 12.4. The topological polar surface area (TPSA) is 30.5 Å². The second-order valence-corrected chi connectivity index (χ2v) is 3.58. The van der Waals surface area contributed by atoms with Gasteiger partial charge in [0.25, 0.3) is 0 Å². The number of ether oxygens (including phenoxy) is 2. The summed E-state index contributed by atoms with van der Waals surface area (Å²) in [5.74, 6) is 0.431. The monoisotopic (exact) mass is 227 g/mol. The Morgan fingerprint density at radius 3 is 2.62 bits per heavy atom. The quantitative estimate of drug-likeness (QED) is 0.721. The zero-order valence-electron chi connectivity index (χ0n) is 9.70. The Labute approximate surface area is 95.6 Å². The van der Waals surface area contributed by atoms with Gasteiger partial charge >= 0.3 is 0 Å². The molecule has 1 aromatic rings. The highest BCUT2D eigenvalue weighted by atomic mass is 19.1. The molecule has 0 fully saturated rings. The van der Waals surface area contributed by atoms with Crippen molar-refractivity contribution in [3.63, 3.8) is 0 Å². The van der Waals surface area contributed by atoms with Crippen LogP contribution in [0.25, 0.3) is 0 Å². The molecule has 0 radical (unpaired) electrons. The van der Waals surface area contributed by atoms with Gasteiger partial charge in [0, 0.05) is 20.2 Å². The van der Waals surface area contributed by atoms with E-state index in [0.717, 1.165) is 13.1 Å². The first-order chi connectivity index (χ1) is 7.72. The molecule has 1 unspecified atom stereocenters. The first kappa shape index (κ1) is 12.9. The molecule has 1 N–H and O–H groups in total. The number of methoxy groups -OCH3 is 1. The van der Waals surface area contributed by atoms with Crippen LogP contribution in [0.5, 0.6) is 5.75 Å². The van der Waals surface area contributed by atoms with Crippen molar-refractivity contribution >= 4 is 0 Å². The Bertz CT molecular complexity index is 290. The van der Waals surface area contributed by atoms with Crippen LogP contribution in [0.15, 0.2) is 24.3 Å². The highest BCUT2D eigenvalue weighted by Crippen LogP contribution is 2.12. The first-order valence-electron chi connectivity index (χ1n) is 5.34. The minimum absolute atomic E-state index is 0.0438. The van der Waals surface area contributed by atoms with Gasteiger partial charge in [-0.1, -0.05) is 0 Å². The van der Waals surface area contributed by atoms with Gasteiger partial charge in [-0.05, 0) is 31.2 Å². The summed E-state index contributed by atoms with van der Waals surface area (Å²) in [6, 6.07) is 6.03. The van der Waals surface area contributed by atoms with Crippen molar-refractivity contribution in [1.82, 2.24) is 5.32 Å². The third-order valence-corrected chi connectivity index (χ3v) is 2.07. The van der Waals surface area contributed by atoms with Gasteiger partial charge in [0.05, 0.1) is 6.61 Å². The van der Waals surface area contributed by atoms with E-state index in [-0.39, 0.29) is 11.9 Å². The van der Waals surface area contributed by atoms with Gasteiger partial charge in [0.2, 0.25) is 0 Å². The van der Waals surface area contributed by atoms with Gasteiger partial charge in [-0.15, -0.1) is 0 Å². The molecule has 1 aromatic carbocycles. The SMILES string of the molecule is COCCNCC(C)Oc1ccc(F)cc1. The fourth-order valence-corrected chi connectivity index (χ4v) is 1.27. The lowest BCUT2D eigenvalue weighted by atomic mass is 10.3. The van der Waals surface area contributed by atoms with Crippen molar-refractivity contribution in [3.05, 3.63) is 30.1 Å². The van der Waals surface area contributed by atoms with Crippen LogP contribution in [-0.2, 0) is 4.74 Å². The summed E-state index contributed by atoms with van der Waals surface area (Å²) in [5.41, 5.74) is 0. The molecule has 0 saturated carbocycles. The smallest absolute Gasteiger partial charge is 0.123 e. The van der Waals surface area contributed by atoms with Crippen LogP contribution in [0.3, 0.4) is 0 Å². The minimum atomic E-state index is -0.252. The van der Waals surface area contributed by atoms with Crippen molar-refractivity contribution in [1.29, 1.82) is 0 Å². The molecule has 1 rings (SSSR count). The molecule has 0 aliphatic carbocycles. The number of rotatable bonds is 7. The lowest BCUT2D eigenvalue weighted by Gasteiger charge is -2.15. The fraction of sp³-hybridized carbons (Fsp3) is 0.500. The van der Waals surface area contributed by atoms with Gasteiger partial charge < -0.3 is 14.8 Å². The van der Waals surface area contributed by atoms with Gasteiger partial charge in [-0.25, -0.2) is 4.39 Å². The predicted molar refractivity (Wildman–Crippen MR) is 61.2 cm³/mol. The van der Waals surface area contributed by atoms with E-state index in [0.29, 0.717) is 12.4 Å². The van der Waals surface area contributed by atoms with Crippen LogP contribution in [0.2, 0.25) is 0 Å². The number of hydrogen-bond acceptors (Lipinski definition) is 3. The summed E-state index contributed by atoms with van der Waals surface area (Å²) < 4.78 is 23.1. The Hall–Kier alpha value is -1.13. The maximum absolute atomic E-state index is 12.6. The van der Waals surface area contributed by atoms with Crippen LogP contribution < -0.4 is 10.1 Å². The Balaban J connectivity index is 2.23. The van der Waals surface area contributed by atoms with Crippen LogP contribution in [0.4, 0.5) is 4.39 Å². The van der Waals surface area contributed by atoms with E-state index >= 15 is 0 Å². The molecule has 1 atom stereocenters. The molecule has 90 valence electrons. The van der Waals surface area contributed by atoms with Gasteiger partial charge in [0.1, 0.15) is 17.7 Å². The maximum atomic E-state index is 12.6. The number of benzene rings is 1. The van der Waals surface area contributed by atoms with Crippen molar-refractivity contribution in [2.24, 2.45) is 0 Å². The summed E-state index contributed by atoms with van der Waals surface area (Å²) >= 11 is 0. The summed E-state index contributed by atoms with van der Waals surface area (Å²) in [5, 5.41) is 3.19. The van der Waals surface area contributed by atoms with Crippen molar-refractivity contribution in [2.45, 2.75) is 13.0 Å². The van der Waals surface area contributed by atoms with Crippen molar-refractivity contribution in [2.75, 3.05) is 26.8 Å². The molecular formula is C12H18FNO2. The van der Waals surface area contributed by atoms with E-state index in [1.54, 1.807) is 19.2 Å². The van der Waals surface area contributed by atoms with E-state index in [2.05, 4.69) is 5.32 Å².